The molecule has 0 spiro atoms. The van der Waals surface area contributed by atoms with E-state index in [9.17, 15) is 4.79 Å². The van der Waals surface area contributed by atoms with E-state index in [1.807, 2.05) is 37.3 Å². The van der Waals surface area contributed by atoms with Gasteiger partial charge in [-0.1, -0.05) is 42.5 Å². The molecular weight excluding hydrogens is 410 g/mol. The fourth-order valence-corrected chi connectivity index (χ4v) is 4.05. The van der Waals surface area contributed by atoms with Gasteiger partial charge in [0, 0.05) is 35.0 Å². The Bertz CT molecular complexity index is 1500. The van der Waals surface area contributed by atoms with Gasteiger partial charge in [0.15, 0.2) is 0 Å². The Morgan fingerprint density at radius 3 is 2.52 bits per heavy atom. The first-order chi connectivity index (χ1) is 16.0. The molecule has 0 aliphatic heterocycles. The summed E-state index contributed by atoms with van der Waals surface area (Å²) in [5, 5.41) is 17.7. The zero-order valence-electron chi connectivity index (χ0n) is 18.7. The van der Waals surface area contributed by atoms with Crippen LogP contribution in [0.4, 0.5) is 5.82 Å². The van der Waals surface area contributed by atoms with Gasteiger partial charge in [-0.15, -0.1) is 5.10 Å². The van der Waals surface area contributed by atoms with Crippen molar-refractivity contribution in [3.63, 3.8) is 0 Å². The Hall–Kier alpha value is -4.32. The van der Waals surface area contributed by atoms with Crippen LogP contribution in [0.5, 0.6) is 0 Å². The minimum Gasteiger partial charge on any atom is -0.307 e. The van der Waals surface area contributed by atoms with E-state index in [2.05, 4.69) is 57.9 Å². The van der Waals surface area contributed by atoms with E-state index in [1.165, 1.54) is 0 Å². The fraction of sp³-hybridized carbons (Fsp3) is 0.111. The largest absolute Gasteiger partial charge is 0.307 e. The molecule has 3 aromatic carbocycles. The summed E-state index contributed by atoms with van der Waals surface area (Å²) >= 11 is 0. The predicted molar refractivity (Wildman–Crippen MR) is 131 cm³/mol. The lowest BCUT2D eigenvalue weighted by Gasteiger charge is -2.12. The molecule has 0 aliphatic carbocycles. The van der Waals surface area contributed by atoms with Gasteiger partial charge in [-0.3, -0.25) is 9.48 Å². The van der Waals surface area contributed by atoms with Gasteiger partial charge in [-0.05, 0) is 54.3 Å². The van der Waals surface area contributed by atoms with E-state index in [4.69, 9.17) is 0 Å². The van der Waals surface area contributed by atoms with Crippen LogP contribution >= 0.6 is 0 Å². The molecule has 2 heterocycles. The van der Waals surface area contributed by atoms with Gasteiger partial charge in [0.05, 0.1) is 12.4 Å². The van der Waals surface area contributed by atoms with Crippen molar-refractivity contribution in [1.29, 1.82) is 0 Å². The number of nitrogens with one attached hydrogen (secondary N) is 1. The molecule has 0 saturated carbocycles. The van der Waals surface area contributed by atoms with Gasteiger partial charge in [-0.25, -0.2) is 0 Å². The zero-order valence-corrected chi connectivity index (χ0v) is 18.7. The van der Waals surface area contributed by atoms with Crippen molar-refractivity contribution in [2.75, 3.05) is 5.32 Å². The van der Waals surface area contributed by atoms with Crippen molar-refractivity contribution in [3.05, 3.63) is 95.8 Å². The Labute approximate surface area is 191 Å². The highest BCUT2D eigenvalue weighted by molar-refractivity contribution is 6.05. The van der Waals surface area contributed by atoms with Crippen molar-refractivity contribution >= 4 is 22.5 Å². The molecule has 1 amide bonds. The monoisotopic (exact) mass is 433 g/mol. The van der Waals surface area contributed by atoms with Crippen LogP contribution in [0.2, 0.25) is 0 Å². The quantitative estimate of drug-likeness (QED) is 0.402. The molecular formula is C27H23N5O. The van der Waals surface area contributed by atoms with Crippen LogP contribution in [0, 0.1) is 13.8 Å². The third-order valence-corrected chi connectivity index (χ3v) is 5.93. The molecule has 5 aromatic rings. The highest BCUT2D eigenvalue weighted by Crippen LogP contribution is 2.32. The number of carbonyl (C=O) groups excluding carboxylic acids is 1. The third kappa shape index (κ3) is 3.87. The highest BCUT2D eigenvalue weighted by Gasteiger charge is 2.13. The van der Waals surface area contributed by atoms with E-state index in [0.29, 0.717) is 11.4 Å². The summed E-state index contributed by atoms with van der Waals surface area (Å²) in [5.74, 6) is 0.475. The fourth-order valence-electron chi connectivity index (χ4n) is 4.05. The van der Waals surface area contributed by atoms with Gasteiger partial charge >= 0.3 is 0 Å². The van der Waals surface area contributed by atoms with Crippen molar-refractivity contribution in [1.82, 2.24) is 20.0 Å². The highest BCUT2D eigenvalue weighted by atomic mass is 16.1. The number of carbonyl (C=O) groups is 1. The molecule has 0 aliphatic rings. The van der Waals surface area contributed by atoms with Crippen molar-refractivity contribution in [3.8, 4) is 22.4 Å². The van der Waals surface area contributed by atoms with Gasteiger partial charge in [-0.2, -0.15) is 10.2 Å². The van der Waals surface area contributed by atoms with Gasteiger partial charge in [0.2, 0.25) is 0 Å². The molecule has 2 aromatic heterocycles. The number of fused-ring (bicyclic) bond motifs is 1. The van der Waals surface area contributed by atoms with E-state index in [0.717, 1.165) is 44.3 Å². The number of anilines is 1. The Balaban J connectivity index is 1.54. The Morgan fingerprint density at radius 1 is 0.909 bits per heavy atom. The second-order valence-electron chi connectivity index (χ2n) is 8.13. The number of hydrogen-bond donors (Lipinski definition) is 1. The molecule has 0 atom stereocenters. The number of benzene rings is 3. The Kier molecular flexibility index (Phi) is 5.18. The predicted octanol–water partition coefficient (Wildman–Crippen LogP) is 5.57. The van der Waals surface area contributed by atoms with E-state index in [1.54, 1.807) is 30.2 Å². The van der Waals surface area contributed by atoms with Crippen LogP contribution in [0.25, 0.3) is 33.2 Å². The molecule has 6 heteroatoms. The summed E-state index contributed by atoms with van der Waals surface area (Å²) in [5.41, 5.74) is 6.82. The van der Waals surface area contributed by atoms with E-state index >= 15 is 0 Å². The molecule has 33 heavy (non-hydrogen) atoms. The van der Waals surface area contributed by atoms with Gasteiger partial charge < -0.3 is 5.32 Å². The lowest BCUT2D eigenvalue weighted by atomic mass is 9.94. The lowest BCUT2D eigenvalue weighted by molar-refractivity contribution is 0.102. The lowest BCUT2D eigenvalue weighted by Crippen LogP contribution is -2.14. The summed E-state index contributed by atoms with van der Waals surface area (Å²) in [6.07, 6.45) is 3.44. The average molecular weight is 434 g/mol. The number of hydrogen-bond acceptors (Lipinski definition) is 4. The second kappa shape index (κ2) is 8.31. The van der Waals surface area contributed by atoms with Crippen molar-refractivity contribution in [2.45, 2.75) is 13.8 Å². The summed E-state index contributed by atoms with van der Waals surface area (Å²) < 4.78 is 1.63. The number of amides is 1. The molecule has 6 nitrogen and oxygen atoms in total. The second-order valence-corrected chi connectivity index (χ2v) is 8.13. The SMILES string of the molecule is Cc1ccc(C(=O)Nc2ccnn2C)cc1-c1ccc2c(-c3ccccc3C)nncc2c1. The minimum absolute atomic E-state index is 0.173. The molecule has 0 unspecified atom stereocenters. The third-order valence-electron chi connectivity index (χ3n) is 5.93. The van der Waals surface area contributed by atoms with Crippen molar-refractivity contribution < 1.29 is 4.79 Å². The molecule has 5 rings (SSSR count). The van der Waals surface area contributed by atoms with Crippen LogP contribution in [0.1, 0.15) is 21.5 Å². The van der Waals surface area contributed by atoms with Gasteiger partial charge in [0.25, 0.3) is 5.91 Å². The van der Waals surface area contributed by atoms with Gasteiger partial charge in [0.1, 0.15) is 11.5 Å². The van der Waals surface area contributed by atoms with Crippen LogP contribution in [-0.2, 0) is 7.05 Å². The maximum Gasteiger partial charge on any atom is 0.256 e. The number of aromatic nitrogens is 4. The maximum atomic E-state index is 12.8. The topological polar surface area (TPSA) is 72.7 Å². The number of rotatable bonds is 4. The molecule has 0 radical (unpaired) electrons. The zero-order chi connectivity index (χ0) is 22.9. The molecule has 0 bridgehead atoms. The summed E-state index contributed by atoms with van der Waals surface area (Å²) in [4.78, 5) is 12.8. The molecule has 0 fully saturated rings. The molecule has 162 valence electrons. The minimum atomic E-state index is -0.173. The summed E-state index contributed by atoms with van der Waals surface area (Å²) in [6.45, 7) is 4.13. The van der Waals surface area contributed by atoms with Crippen LogP contribution in [-0.4, -0.2) is 25.9 Å². The van der Waals surface area contributed by atoms with Crippen LogP contribution in [0.3, 0.4) is 0 Å². The van der Waals surface area contributed by atoms with E-state index in [-0.39, 0.29) is 5.91 Å². The standard InChI is InChI=1S/C27H23N5O/c1-17-6-4-5-7-22(17)26-23-11-10-19(14-21(23)16-28-31-26)24-15-20(9-8-18(24)2)27(33)30-25-12-13-29-32(25)3/h4-16H,1-3H3,(H,30,33). The Morgan fingerprint density at radius 2 is 1.73 bits per heavy atom. The summed E-state index contributed by atoms with van der Waals surface area (Å²) in [6, 6.07) is 22.0. The normalized spacial score (nSPS) is 11.0. The van der Waals surface area contributed by atoms with Crippen LogP contribution < -0.4 is 5.32 Å². The first kappa shape index (κ1) is 20.6. The molecule has 1 N–H and O–H groups in total. The van der Waals surface area contributed by atoms with E-state index < -0.39 is 0 Å². The number of aryl methyl sites for hydroxylation is 3. The van der Waals surface area contributed by atoms with Crippen LogP contribution in [0.15, 0.2) is 79.1 Å². The average Bonchev–Trinajstić information content (AvgIpc) is 3.23. The maximum absolute atomic E-state index is 12.8. The number of nitrogens with zero attached hydrogens (tertiary/aromatic N) is 4. The molecule has 0 saturated heterocycles. The first-order valence-corrected chi connectivity index (χ1v) is 10.7. The smallest absolute Gasteiger partial charge is 0.256 e. The van der Waals surface area contributed by atoms with Crippen molar-refractivity contribution in [2.24, 2.45) is 7.05 Å². The summed E-state index contributed by atoms with van der Waals surface area (Å²) in [7, 11) is 1.79. The first-order valence-electron chi connectivity index (χ1n) is 10.7.